The minimum Gasteiger partial charge on any atom is -0.508 e. The molecule has 0 saturated carbocycles. The van der Waals surface area contributed by atoms with Crippen LogP contribution in [-0.2, 0) is 6.42 Å². The van der Waals surface area contributed by atoms with E-state index in [4.69, 9.17) is 10.8 Å². The molecule has 0 radical (unpaired) electrons. The monoisotopic (exact) mass is 245 g/mol. The lowest BCUT2D eigenvalue weighted by molar-refractivity contribution is 0.265. The van der Waals surface area contributed by atoms with Crippen molar-refractivity contribution in [2.24, 2.45) is 5.73 Å². The Kier molecular flexibility index (Phi) is 3.71. The Hall–Kier alpha value is -0.580. The first-order chi connectivity index (χ1) is 6.13. The summed E-state index contributed by atoms with van der Waals surface area (Å²) in [6.45, 7) is -0.0535. The summed E-state index contributed by atoms with van der Waals surface area (Å²) in [4.78, 5) is 0. The molecule has 4 N–H and O–H groups in total. The number of aromatic hydroxyl groups is 1. The van der Waals surface area contributed by atoms with E-state index in [1.807, 2.05) is 0 Å². The summed E-state index contributed by atoms with van der Waals surface area (Å²) >= 11 is 3.34. The predicted molar refractivity (Wildman–Crippen MR) is 54.6 cm³/mol. The fraction of sp³-hybridized carbons (Fsp3) is 0.333. The molecule has 0 aliphatic rings. The fourth-order valence-electron chi connectivity index (χ4n) is 1.06. The van der Waals surface area contributed by atoms with Gasteiger partial charge in [-0.3, -0.25) is 0 Å². The molecule has 0 aliphatic heterocycles. The molecule has 1 unspecified atom stereocenters. The Bertz CT molecular complexity index is 291. The fourth-order valence-corrected chi connectivity index (χ4v) is 1.47. The van der Waals surface area contributed by atoms with Crippen LogP contribution in [0.2, 0.25) is 0 Å². The molecule has 1 atom stereocenters. The van der Waals surface area contributed by atoms with Gasteiger partial charge in [0.1, 0.15) is 5.75 Å². The number of halogens is 1. The third kappa shape index (κ3) is 2.99. The van der Waals surface area contributed by atoms with Crippen molar-refractivity contribution in [3.05, 3.63) is 28.2 Å². The van der Waals surface area contributed by atoms with Crippen LogP contribution in [0.25, 0.3) is 0 Å². The lowest BCUT2D eigenvalue weighted by atomic mass is 10.1. The van der Waals surface area contributed by atoms with Crippen LogP contribution in [0.3, 0.4) is 0 Å². The van der Waals surface area contributed by atoms with Crippen LogP contribution in [-0.4, -0.2) is 22.9 Å². The highest BCUT2D eigenvalue weighted by Crippen LogP contribution is 2.22. The van der Waals surface area contributed by atoms with E-state index in [0.29, 0.717) is 6.42 Å². The molecule has 1 aromatic rings. The van der Waals surface area contributed by atoms with Gasteiger partial charge in [0.2, 0.25) is 0 Å². The van der Waals surface area contributed by atoms with Gasteiger partial charge in [0, 0.05) is 10.5 Å². The topological polar surface area (TPSA) is 66.5 Å². The maximum absolute atomic E-state index is 9.20. The number of benzene rings is 1. The molecule has 0 amide bonds. The van der Waals surface area contributed by atoms with E-state index in [2.05, 4.69) is 15.9 Å². The zero-order valence-corrected chi connectivity index (χ0v) is 8.66. The van der Waals surface area contributed by atoms with Gasteiger partial charge in [-0.1, -0.05) is 15.9 Å². The van der Waals surface area contributed by atoms with Crippen molar-refractivity contribution in [3.63, 3.8) is 0 Å². The SMILES string of the molecule is NC(CO)Cc1cc(O)ccc1Br. The van der Waals surface area contributed by atoms with Gasteiger partial charge in [0.25, 0.3) is 0 Å². The molecule has 0 bridgehead atoms. The lowest BCUT2D eigenvalue weighted by Gasteiger charge is -2.09. The third-order valence-corrected chi connectivity index (χ3v) is 2.52. The molecule has 0 aromatic heterocycles. The number of aliphatic hydroxyl groups excluding tert-OH is 1. The number of nitrogens with two attached hydrogens (primary N) is 1. The normalized spacial score (nSPS) is 12.8. The van der Waals surface area contributed by atoms with Gasteiger partial charge in [-0.05, 0) is 30.2 Å². The van der Waals surface area contributed by atoms with Crippen LogP contribution < -0.4 is 5.73 Å². The first kappa shape index (κ1) is 10.5. The van der Waals surface area contributed by atoms with Crippen LogP contribution in [0.15, 0.2) is 22.7 Å². The number of phenols is 1. The Morgan fingerprint density at radius 1 is 1.46 bits per heavy atom. The molecule has 0 aliphatic carbocycles. The van der Waals surface area contributed by atoms with Crippen molar-refractivity contribution in [2.45, 2.75) is 12.5 Å². The van der Waals surface area contributed by atoms with Gasteiger partial charge >= 0.3 is 0 Å². The largest absolute Gasteiger partial charge is 0.508 e. The zero-order valence-electron chi connectivity index (χ0n) is 7.07. The van der Waals surface area contributed by atoms with Crippen molar-refractivity contribution in [3.8, 4) is 5.75 Å². The van der Waals surface area contributed by atoms with Crippen molar-refractivity contribution < 1.29 is 10.2 Å². The van der Waals surface area contributed by atoms with E-state index in [1.54, 1.807) is 18.2 Å². The molecular formula is C9H12BrNO2. The van der Waals surface area contributed by atoms with Crippen LogP contribution in [0.4, 0.5) is 0 Å². The van der Waals surface area contributed by atoms with Crippen molar-refractivity contribution in [1.29, 1.82) is 0 Å². The smallest absolute Gasteiger partial charge is 0.115 e. The molecule has 0 spiro atoms. The number of hydrogen-bond acceptors (Lipinski definition) is 3. The van der Waals surface area contributed by atoms with Gasteiger partial charge in [-0.2, -0.15) is 0 Å². The molecule has 1 aromatic carbocycles. The Morgan fingerprint density at radius 2 is 2.15 bits per heavy atom. The molecule has 1 rings (SSSR count). The molecule has 4 heteroatoms. The Morgan fingerprint density at radius 3 is 2.77 bits per heavy atom. The number of rotatable bonds is 3. The predicted octanol–water partition coefficient (Wildman–Crippen LogP) is 1.02. The molecule has 72 valence electrons. The molecule has 0 fully saturated rings. The van der Waals surface area contributed by atoms with E-state index < -0.39 is 0 Å². The molecule has 3 nitrogen and oxygen atoms in total. The Balaban J connectivity index is 2.81. The van der Waals surface area contributed by atoms with E-state index in [0.717, 1.165) is 10.0 Å². The minimum absolute atomic E-state index is 0.0535. The summed E-state index contributed by atoms with van der Waals surface area (Å²) in [6.07, 6.45) is 0.547. The second-order valence-corrected chi connectivity index (χ2v) is 3.78. The standard InChI is InChI=1S/C9H12BrNO2/c10-9-2-1-8(13)4-6(9)3-7(11)5-12/h1-2,4,7,12-13H,3,5,11H2. The first-order valence-electron chi connectivity index (χ1n) is 3.97. The quantitative estimate of drug-likeness (QED) is 0.745. The highest BCUT2D eigenvalue weighted by Gasteiger charge is 2.06. The summed E-state index contributed by atoms with van der Waals surface area (Å²) in [7, 11) is 0. The first-order valence-corrected chi connectivity index (χ1v) is 4.76. The number of aliphatic hydroxyl groups is 1. The van der Waals surface area contributed by atoms with E-state index in [-0.39, 0.29) is 18.4 Å². The molecule has 0 saturated heterocycles. The van der Waals surface area contributed by atoms with E-state index >= 15 is 0 Å². The van der Waals surface area contributed by atoms with Gasteiger partial charge in [0.05, 0.1) is 6.61 Å². The third-order valence-electron chi connectivity index (χ3n) is 1.75. The maximum Gasteiger partial charge on any atom is 0.115 e. The van der Waals surface area contributed by atoms with Gasteiger partial charge in [-0.15, -0.1) is 0 Å². The summed E-state index contributed by atoms with van der Waals surface area (Å²) in [5.74, 6) is 0.211. The summed E-state index contributed by atoms with van der Waals surface area (Å²) in [5, 5.41) is 18.0. The number of phenolic OH excluding ortho intramolecular Hbond substituents is 1. The van der Waals surface area contributed by atoms with Crippen molar-refractivity contribution >= 4 is 15.9 Å². The van der Waals surface area contributed by atoms with Gasteiger partial charge < -0.3 is 15.9 Å². The molecule has 13 heavy (non-hydrogen) atoms. The highest BCUT2D eigenvalue weighted by atomic mass is 79.9. The summed E-state index contributed by atoms with van der Waals surface area (Å²) in [6, 6.07) is 4.71. The van der Waals surface area contributed by atoms with E-state index in [1.165, 1.54) is 0 Å². The molecular weight excluding hydrogens is 234 g/mol. The van der Waals surface area contributed by atoms with Crippen molar-refractivity contribution in [1.82, 2.24) is 0 Å². The second-order valence-electron chi connectivity index (χ2n) is 2.92. The van der Waals surface area contributed by atoms with Crippen LogP contribution in [0, 0.1) is 0 Å². The Labute approximate surface area is 85.3 Å². The molecule has 0 heterocycles. The average molecular weight is 246 g/mol. The van der Waals surface area contributed by atoms with Crippen LogP contribution >= 0.6 is 15.9 Å². The summed E-state index contributed by atoms with van der Waals surface area (Å²) < 4.78 is 0.897. The summed E-state index contributed by atoms with van der Waals surface area (Å²) in [5.41, 5.74) is 6.48. The highest BCUT2D eigenvalue weighted by molar-refractivity contribution is 9.10. The second kappa shape index (κ2) is 4.60. The average Bonchev–Trinajstić information content (AvgIpc) is 2.11. The van der Waals surface area contributed by atoms with Crippen LogP contribution in [0.5, 0.6) is 5.75 Å². The lowest BCUT2D eigenvalue weighted by Crippen LogP contribution is -2.26. The number of hydrogen-bond donors (Lipinski definition) is 3. The van der Waals surface area contributed by atoms with Gasteiger partial charge in [-0.25, -0.2) is 0 Å². The van der Waals surface area contributed by atoms with Crippen LogP contribution in [0.1, 0.15) is 5.56 Å². The zero-order chi connectivity index (χ0) is 9.84. The minimum atomic E-state index is -0.280. The maximum atomic E-state index is 9.20. The van der Waals surface area contributed by atoms with E-state index in [9.17, 15) is 5.11 Å². The van der Waals surface area contributed by atoms with Gasteiger partial charge in [0.15, 0.2) is 0 Å². The van der Waals surface area contributed by atoms with Crippen molar-refractivity contribution in [2.75, 3.05) is 6.61 Å².